The van der Waals surface area contributed by atoms with E-state index in [4.69, 9.17) is 5.73 Å². The van der Waals surface area contributed by atoms with Crippen LogP contribution in [0.1, 0.15) is 24.1 Å². The van der Waals surface area contributed by atoms with Crippen LogP contribution in [0.2, 0.25) is 0 Å². The zero-order valence-electron chi connectivity index (χ0n) is 17.2. The Hall–Kier alpha value is -3.91. The summed E-state index contributed by atoms with van der Waals surface area (Å²) in [5, 5.41) is 6.30. The van der Waals surface area contributed by atoms with Gasteiger partial charge in [-0.2, -0.15) is 0 Å². The third-order valence-corrected chi connectivity index (χ3v) is 5.40. The van der Waals surface area contributed by atoms with Crippen molar-refractivity contribution in [1.82, 2.24) is 10.3 Å². The van der Waals surface area contributed by atoms with Crippen LogP contribution >= 0.6 is 0 Å². The van der Waals surface area contributed by atoms with E-state index in [1.54, 1.807) is 18.5 Å². The van der Waals surface area contributed by atoms with Crippen LogP contribution in [-0.4, -0.2) is 4.98 Å². The van der Waals surface area contributed by atoms with Gasteiger partial charge in [-0.1, -0.05) is 18.2 Å². The Morgan fingerprint density at radius 1 is 1.00 bits per heavy atom. The lowest BCUT2D eigenvalue weighted by molar-refractivity contribution is 0.500. The van der Waals surface area contributed by atoms with E-state index in [1.807, 2.05) is 31.2 Å². The lowest BCUT2D eigenvalue weighted by atomic mass is 9.97. The van der Waals surface area contributed by atoms with E-state index in [-0.39, 0.29) is 17.4 Å². The molecule has 0 radical (unpaired) electrons. The molecular formula is C24H20F2N4O2. The summed E-state index contributed by atoms with van der Waals surface area (Å²) in [5.41, 5.74) is 8.06. The summed E-state index contributed by atoms with van der Waals surface area (Å²) < 4.78 is 26.9. The van der Waals surface area contributed by atoms with Gasteiger partial charge in [-0.25, -0.2) is 8.78 Å². The fraction of sp³-hybridized carbons (Fsp3) is 0.125. The van der Waals surface area contributed by atoms with Gasteiger partial charge in [0.05, 0.1) is 0 Å². The molecule has 6 nitrogen and oxygen atoms in total. The third kappa shape index (κ3) is 4.00. The third-order valence-electron chi connectivity index (χ3n) is 5.40. The van der Waals surface area contributed by atoms with Crippen LogP contribution in [0.25, 0.3) is 11.1 Å². The van der Waals surface area contributed by atoms with E-state index in [2.05, 4.69) is 15.6 Å². The van der Waals surface area contributed by atoms with Gasteiger partial charge >= 0.3 is 0 Å². The molecule has 4 aromatic rings. The van der Waals surface area contributed by atoms with Gasteiger partial charge in [-0.05, 0) is 59.5 Å². The monoisotopic (exact) mass is 434 g/mol. The molecule has 0 fully saturated rings. The molecule has 32 heavy (non-hydrogen) atoms. The SMILES string of the molecule is CC(NCc1c(Nc2c(N)c(=O)c2=O)cccc1-c1ccncc1)c1ccc(F)c(F)c1. The maximum absolute atomic E-state index is 13.7. The summed E-state index contributed by atoms with van der Waals surface area (Å²) >= 11 is 0. The number of halogens is 2. The molecule has 0 saturated heterocycles. The molecule has 162 valence electrons. The number of nitrogens with zero attached hydrogens (tertiary/aromatic N) is 1. The smallest absolute Gasteiger partial charge is 0.253 e. The van der Waals surface area contributed by atoms with Crippen LogP contribution in [-0.2, 0) is 6.54 Å². The number of nitrogens with two attached hydrogens (primary N) is 1. The minimum atomic E-state index is -0.911. The molecule has 4 N–H and O–H groups in total. The highest BCUT2D eigenvalue weighted by Crippen LogP contribution is 2.32. The van der Waals surface area contributed by atoms with Crippen molar-refractivity contribution in [2.24, 2.45) is 0 Å². The first-order valence-corrected chi connectivity index (χ1v) is 9.93. The fourth-order valence-electron chi connectivity index (χ4n) is 3.52. The van der Waals surface area contributed by atoms with Crippen LogP contribution in [0.15, 0.2) is 70.5 Å². The number of anilines is 3. The first kappa shape index (κ1) is 21.3. The number of pyridine rings is 1. The van der Waals surface area contributed by atoms with E-state index in [0.29, 0.717) is 17.8 Å². The van der Waals surface area contributed by atoms with Crippen molar-refractivity contribution in [3.05, 3.63) is 104 Å². The molecule has 1 aromatic heterocycles. The molecule has 0 aliphatic rings. The van der Waals surface area contributed by atoms with E-state index in [0.717, 1.165) is 28.8 Å². The molecule has 8 heteroatoms. The maximum Gasteiger partial charge on any atom is 0.253 e. The van der Waals surface area contributed by atoms with Crippen LogP contribution in [0, 0.1) is 11.6 Å². The Labute approximate surface area is 182 Å². The molecule has 0 spiro atoms. The highest BCUT2D eigenvalue weighted by molar-refractivity contribution is 5.81. The van der Waals surface area contributed by atoms with Crippen molar-refractivity contribution in [3.8, 4) is 11.1 Å². The van der Waals surface area contributed by atoms with Crippen molar-refractivity contribution in [2.45, 2.75) is 19.5 Å². The molecule has 1 atom stereocenters. The second-order valence-electron chi connectivity index (χ2n) is 7.42. The topological polar surface area (TPSA) is 97.1 Å². The molecule has 3 aromatic carbocycles. The Morgan fingerprint density at radius 3 is 2.44 bits per heavy atom. The summed E-state index contributed by atoms with van der Waals surface area (Å²) in [6.07, 6.45) is 3.34. The normalized spacial score (nSPS) is 12.1. The number of hydrogen-bond acceptors (Lipinski definition) is 6. The highest BCUT2D eigenvalue weighted by atomic mass is 19.2. The van der Waals surface area contributed by atoms with Gasteiger partial charge in [-0.15, -0.1) is 0 Å². The Kier molecular flexibility index (Phi) is 5.79. The summed E-state index contributed by atoms with van der Waals surface area (Å²) in [5.74, 6) is -1.81. The average Bonchev–Trinajstić information content (AvgIpc) is 2.82. The molecule has 1 heterocycles. The largest absolute Gasteiger partial charge is 0.394 e. The van der Waals surface area contributed by atoms with Gasteiger partial charge in [0.15, 0.2) is 11.6 Å². The van der Waals surface area contributed by atoms with Gasteiger partial charge in [0.25, 0.3) is 10.9 Å². The van der Waals surface area contributed by atoms with Gasteiger partial charge < -0.3 is 16.4 Å². The van der Waals surface area contributed by atoms with Crippen LogP contribution < -0.4 is 27.2 Å². The second-order valence-corrected chi connectivity index (χ2v) is 7.42. The first-order valence-electron chi connectivity index (χ1n) is 9.93. The Balaban J connectivity index is 1.68. The van der Waals surface area contributed by atoms with Gasteiger partial charge in [0.1, 0.15) is 11.4 Å². The molecular weight excluding hydrogens is 414 g/mol. The van der Waals surface area contributed by atoms with Crippen molar-refractivity contribution < 1.29 is 8.78 Å². The predicted molar refractivity (Wildman–Crippen MR) is 120 cm³/mol. The number of nitrogens with one attached hydrogen (secondary N) is 2. The van der Waals surface area contributed by atoms with E-state index in [1.165, 1.54) is 6.07 Å². The lowest BCUT2D eigenvalue weighted by Crippen LogP contribution is -2.36. The summed E-state index contributed by atoms with van der Waals surface area (Å²) in [6.45, 7) is 2.17. The van der Waals surface area contributed by atoms with Gasteiger partial charge in [0, 0.05) is 30.7 Å². The quantitative estimate of drug-likeness (QED) is 0.383. The molecule has 0 amide bonds. The van der Waals surface area contributed by atoms with Gasteiger partial charge in [0.2, 0.25) is 0 Å². The Bertz CT molecular complexity index is 1350. The number of hydrogen-bond donors (Lipinski definition) is 3. The van der Waals surface area contributed by atoms with Crippen molar-refractivity contribution >= 4 is 17.1 Å². The fourth-order valence-corrected chi connectivity index (χ4v) is 3.52. The lowest BCUT2D eigenvalue weighted by Gasteiger charge is -2.21. The van der Waals surface area contributed by atoms with Crippen molar-refractivity contribution in [3.63, 3.8) is 0 Å². The zero-order valence-corrected chi connectivity index (χ0v) is 17.2. The summed E-state index contributed by atoms with van der Waals surface area (Å²) in [4.78, 5) is 27.5. The highest BCUT2D eigenvalue weighted by Gasteiger charge is 2.20. The van der Waals surface area contributed by atoms with Crippen molar-refractivity contribution in [1.29, 1.82) is 0 Å². The van der Waals surface area contributed by atoms with Crippen LogP contribution in [0.5, 0.6) is 0 Å². The minimum Gasteiger partial charge on any atom is -0.394 e. The predicted octanol–water partition coefficient (Wildman–Crippen LogP) is 3.80. The average molecular weight is 434 g/mol. The van der Waals surface area contributed by atoms with E-state index in [9.17, 15) is 18.4 Å². The number of nitrogen functional groups attached to an aromatic ring is 1. The minimum absolute atomic E-state index is 0.0665. The zero-order chi connectivity index (χ0) is 22.8. The molecule has 4 rings (SSSR count). The summed E-state index contributed by atoms with van der Waals surface area (Å²) in [7, 11) is 0. The molecule has 0 saturated carbocycles. The molecule has 0 bridgehead atoms. The van der Waals surface area contributed by atoms with E-state index >= 15 is 0 Å². The first-order chi connectivity index (χ1) is 15.4. The standard InChI is InChI=1S/C24H20F2N4O2/c1-13(15-5-6-18(25)19(26)11-15)29-12-17-16(14-7-9-28-10-8-14)3-2-4-20(17)30-22-21(27)23(31)24(22)32/h2-11,13,29-30H,12,27H2,1H3. The Morgan fingerprint density at radius 2 is 1.75 bits per heavy atom. The number of rotatable bonds is 7. The number of aromatic nitrogens is 1. The van der Waals surface area contributed by atoms with Crippen LogP contribution in [0.3, 0.4) is 0 Å². The van der Waals surface area contributed by atoms with Crippen molar-refractivity contribution in [2.75, 3.05) is 11.1 Å². The van der Waals surface area contributed by atoms with E-state index < -0.39 is 22.5 Å². The van der Waals surface area contributed by atoms with Crippen LogP contribution in [0.4, 0.5) is 25.8 Å². The second kappa shape index (κ2) is 8.68. The summed E-state index contributed by atoms with van der Waals surface area (Å²) in [6, 6.07) is 12.7. The molecule has 1 unspecified atom stereocenters. The number of benzene rings is 2. The maximum atomic E-state index is 13.7. The molecule has 0 aliphatic heterocycles. The van der Waals surface area contributed by atoms with Gasteiger partial charge in [-0.3, -0.25) is 14.6 Å². The molecule has 0 aliphatic carbocycles.